The average Bonchev–Trinajstić information content (AvgIpc) is 2.34. The molecular weight excluding hydrogens is 296 g/mol. The van der Waals surface area contributed by atoms with E-state index in [2.05, 4.69) is 31.2 Å². The molecule has 1 aromatic heterocycles. The van der Waals surface area contributed by atoms with Gasteiger partial charge in [-0.25, -0.2) is 4.98 Å². The van der Waals surface area contributed by atoms with E-state index in [9.17, 15) is 5.11 Å². The van der Waals surface area contributed by atoms with Crippen molar-refractivity contribution < 1.29 is 5.11 Å². The number of hydrogen-bond acceptors (Lipinski definition) is 5. The van der Waals surface area contributed by atoms with Crippen molar-refractivity contribution in [2.45, 2.75) is 19.4 Å². The number of aromatic nitrogens is 2. The Labute approximate surface area is 114 Å². The highest BCUT2D eigenvalue weighted by molar-refractivity contribution is 9.10. The molecule has 1 aromatic carbocycles. The van der Waals surface area contributed by atoms with E-state index in [1.54, 1.807) is 0 Å². The minimum absolute atomic E-state index is 0.0360. The monoisotopic (exact) mass is 310 g/mol. The molecule has 2 rings (SSSR count). The SMILES string of the molecule is CC[C@H](CO)Nc1nc(N)nc2cc(Br)ccc12. The quantitative estimate of drug-likeness (QED) is 0.806. The zero-order chi connectivity index (χ0) is 13.1. The topological polar surface area (TPSA) is 84.1 Å². The van der Waals surface area contributed by atoms with E-state index in [0.717, 1.165) is 21.8 Å². The molecule has 0 amide bonds. The van der Waals surface area contributed by atoms with Gasteiger partial charge in [-0.3, -0.25) is 0 Å². The molecule has 0 fully saturated rings. The number of halogens is 1. The van der Waals surface area contributed by atoms with E-state index in [1.165, 1.54) is 0 Å². The summed E-state index contributed by atoms with van der Waals surface area (Å²) < 4.78 is 0.938. The van der Waals surface area contributed by atoms with Gasteiger partial charge in [-0.15, -0.1) is 0 Å². The second-order valence-electron chi connectivity index (χ2n) is 4.02. The maximum Gasteiger partial charge on any atom is 0.222 e. The molecule has 1 heterocycles. The number of aliphatic hydroxyl groups excluding tert-OH is 1. The molecule has 18 heavy (non-hydrogen) atoms. The lowest BCUT2D eigenvalue weighted by Gasteiger charge is -2.16. The van der Waals surface area contributed by atoms with Gasteiger partial charge in [0.05, 0.1) is 18.2 Å². The first-order valence-electron chi connectivity index (χ1n) is 5.74. The minimum Gasteiger partial charge on any atom is -0.394 e. The third kappa shape index (κ3) is 2.70. The van der Waals surface area contributed by atoms with E-state index in [0.29, 0.717) is 5.82 Å². The number of rotatable bonds is 4. The fourth-order valence-electron chi connectivity index (χ4n) is 1.70. The van der Waals surface area contributed by atoms with Gasteiger partial charge in [-0.1, -0.05) is 22.9 Å². The lowest BCUT2D eigenvalue weighted by atomic mass is 10.2. The van der Waals surface area contributed by atoms with E-state index >= 15 is 0 Å². The van der Waals surface area contributed by atoms with Gasteiger partial charge in [0, 0.05) is 9.86 Å². The van der Waals surface area contributed by atoms with Crippen LogP contribution in [-0.2, 0) is 0 Å². The number of nitrogens with one attached hydrogen (secondary N) is 1. The van der Waals surface area contributed by atoms with Crippen LogP contribution in [0.4, 0.5) is 11.8 Å². The summed E-state index contributed by atoms with van der Waals surface area (Å²) in [5.41, 5.74) is 6.46. The summed E-state index contributed by atoms with van der Waals surface area (Å²) >= 11 is 3.40. The van der Waals surface area contributed by atoms with Crippen LogP contribution in [0.25, 0.3) is 10.9 Å². The molecule has 0 bridgehead atoms. The van der Waals surface area contributed by atoms with Gasteiger partial charge >= 0.3 is 0 Å². The van der Waals surface area contributed by atoms with Crippen LogP contribution in [0, 0.1) is 0 Å². The van der Waals surface area contributed by atoms with E-state index < -0.39 is 0 Å². The fraction of sp³-hybridized carbons (Fsp3) is 0.333. The Morgan fingerprint density at radius 3 is 2.89 bits per heavy atom. The summed E-state index contributed by atoms with van der Waals surface area (Å²) in [7, 11) is 0. The van der Waals surface area contributed by atoms with Gasteiger partial charge in [0.2, 0.25) is 5.95 Å². The van der Waals surface area contributed by atoms with Crippen molar-refractivity contribution in [2.75, 3.05) is 17.7 Å². The van der Waals surface area contributed by atoms with Gasteiger partial charge in [0.15, 0.2) is 0 Å². The molecule has 0 radical (unpaired) electrons. The molecule has 0 saturated heterocycles. The van der Waals surface area contributed by atoms with Crippen LogP contribution >= 0.6 is 15.9 Å². The second kappa shape index (κ2) is 5.49. The number of nitrogens with two attached hydrogens (primary N) is 1. The standard InChI is InChI=1S/C12H15BrN4O/c1-2-8(6-18)15-11-9-4-3-7(13)5-10(9)16-12(14)17-11/h3-5,8,18H,2,6H2,1H3,(H3,14,15,16,17)/t8-/m1/s1. The van der Waals surface area contributed by atoms with Crippen molar-refractivity contribution in [1.82, 2.24) is 9.97 Å². The van der Waals surface area contributed by atoms with Crippen LogP contribution in [0.3, 0.4) is 0 Å². The lowest BCUT2D eigenvalue weighted by molar-refractivity contribution is 0.271. The molecule has 0 aliphatic carbocycles. The Morgan fingerprint density at radius 1 is 1.44 bits per heavy atom. The highest BCUT2D eigenvalue weighted by atomic mass is 79.9. The smallest absolute Gasteiger partial charge is 0.222 e. The Morgan fingerprint density at radius 2 is 2.22 bits per heavy atom. The molecule has 96 valence electrons. The molecular formula is C12H15BrN4O. The summed E-state index contributed by atoms with van der Waals surface area (Å²) in [5, 5.41) is 13.3. The van der Waals surface area contributed by atoms with Gasteiger partial charge in [0.25, 0.3) is 0 Å². The van der Waals surface area contributed by atoms with Crippen LogP contribution < -0.4 is 11.1 Å². The van der Waals surface area contributed by atoms with Crippen molar-refractivity contribution in [3.05, 3.63) is 22.7 Å². The first-order chi connectivity index (χ1) is 8.63. The Kier molecular flexibility index (Phi) is 3.98. The maximum absolute atomic E-state index is 9.23. The zero-order valence-corrected chi connectivity index (χ0v) is 11.6. The van der Waals surface area contributed by atoms with Crippen molar-refractivity contribution in [2.24, 2.45) is 0 Å². The molecule has 0 saturated carbocycles. The Hall–Kier alpha value is -1.40. The Balaban J connectivity index is 2.48. The number of fused-ring (bicyclic) bond motifs is 1. The van der Waals surface area contributed by atoms with E-state index in [-0.39, 0.29) is 18.6 Å². The van der Waals surface area contributed by atoms with Crippen LogP contribution in [0.15, 0.2) is 22.7 Å². The number of nitrogen functional groups attached to an aromatic ring is 1. The number of aliphatic hydroxyl groups is 1. The summed E-state index contributed by atoms with van der Waals surface area (Å²) in [5.74, 6) is 0.877. The van der Waals surface area contributed by atoms with Gasteiger partial charge in [-0.05, 0) is 24.6 Å². The number of anilines is 2. The molecule has 0 aliphatic heterocycles. The predicted molar refractivity (Wildman–Crippen MR) is 76.4 cm³/mol. The molecule has 4 N–H and O–H groups in total. The van der Waals surface area contributed by atoms with Crippen molar-refractivity contribution in [1.29, 1.82) is 0 Å². The Bertz CT molecular complexity index is 552. The zero-order valence-electron chi connectivity index (χ0n) is 10.0. The highest BCUT2D eigenvalue weighted by Gasteiger charge is 2.10. The third-order valence-corrected chi connectivity index (χ3v) is 3.22. The first kappa shape index (κ1) is 13.0. The van der Waals surface area contributed by atoms with Crippen LogP contribution in [0.5, 0.6) is 0 Å². The van der Waals surface area contributed by atoms with Crippen molar-refractivity contribution >= 4 is 38.6 Å². The predicted octanol–water partition coefficient (Wildman–Crippen LogP) is 2.16. The number of nitrogens with zero attached hydrogens (tertiary/aromatic N) is 2. The molecule has 5 nitrogen and oxygen atoms in total. The molecule has 0 aliphatic rings. The van der Waals surface area contributed by atoms with E-state index in [4.69, 9.17) is 5.73 Å². The summed E-state index contributed by atoms with van der Waals surface area (Å²) in [4.78, 5) is 8.39. The number of benzene rings is 1. The summed E-state index contributed by atoms with van der Waals surface area (Å²) in [6.45, 7) is 2.05. The van der Waals surface area contributed by atoms with Crippen LogP contribution in [0.2, 0.25) is 0 Å². The van der Waals surface area contributed by atoms with Gasteiger partial charge < -0.3 is 16.2 Å². The largest absolute Gasteiger partial charge is 0.394 e. The molecule has 0 spiro atoms. The maximum atomic E-state index is 9.23. The highest BCUT2D eigenvalue weighted by Crippen LogP contribution is 2.25. The van der Waals surface area contributed by atoms with Gasteiger partial charge in [-0.2, -0.15) is 4.98 Å². The molecule has 2 aromatic rings. The minimum atomic E-state index is -0.0360. The normalized spacial score (nSPS) is 12.6. The van der Waals surface area contributed by atoms with Crippen LogP contribution in [0.1, 0.15) is 13.3 Å². The fourth-order valence-corrected chi connectivity index (χ4v) is 2.05. The first-order valence-corrected chi connectivity index (χ1v) is 6.53. The lowest BCUT2D eigenvalue weighted by Crippen LogP contribution is -2.23. The molecule has 0 unspecified atom stereocenters. The number of hydrogen-bond donors (Lipinski definition) is 3. The van der Waals surface area contributed by atoms with E-state index in [1.807, 2.05) is 25.1 Å². The third-order valence-electron chi connectivity index (χ3n) is 2.73. The average molecular weight is 311 g/mol. The molecule has 6 heteroatoms. The summed E-state index contributed by atoms with van der Waals surface area (Å²) in [6.07, 6.45) is 0.804. The van der Waals surface area contributed by atoms with Gasteiger partial charge in [0.1, 0.15) is 5.82 Å². The molecule has 1 atom stereocenters. The van der Waals surface area contributed by atoms with Crippen LogP contribution in [-0.4, -0.2) is 27.7 Å². The summed E-state index contributed by atoms with van der Waals surface area (Å²) in [6, 6.07) is 5.70. The second-order valence-corrected chi connectivity index (χ2v) is 4.94. The van der Waals surface area contributed by atoms with Crippen molar-refractivity contribution in [3.8, 4) is 0 Å². The van der Waals surface area contributed by atoms with Crippen molar-refractivity contribution in [3.63, 3.8) is 0 Å².